The Morgan fingerprint density at radius 1 is 0.524 bits per heavy atom. The van der Waals surface area contributed by atoms with Crippen LogP contribution in [-0.2, 0) is 12.8 Å². The molecule has 7 rings (SSSR count). The van der Waals surface area contributed by atoms with E-state index in [1.807, 2.05) is 0 Å². The minimum atomic E-state index is -1.95. The van der Waals surface area contributed by atoms with E-state index >= 15 is 0 Å². The van der Waals surface area contributed by atoms with E-state index in [0.717, 1.165) is 18.4 Å². The van der Waals surface area contributed by atoms with Gasteiger partial charge in [0.25, 0.3) is 0 Å². The molecule has 1 heteroatoms. The van der Waals surface area contributed by atoms with Crippen LogP contribution in [0.1, 0.15) is 76.6 Å². The first kappa shape index (κ1) is 27.4. The van der Waals surface area contributed by atoms with Crippen LogP contribution in [0.5, 0.6) is 0 Å². The Labute approximate surface area is 254 Å². The van der Waals surface area contributed by atoms with Crippen LogP contribution in [0.2, 0.25) is 12.1 Å². The minimum Gasteiger partial charge on any atom is -0.0709 e. The molecule has 0 amide bonds. The molecular formula is C41H44Si. The summed E-state index contributed by atoms with van der Waals surface area (Å²) < 4.78 is 0. The molecule has 4 aromatic rings. The highest BCUT2D eigenvalue weighted by atomic mass is 28.3. The summed E-state index contributed by atoms with van der Waals surface area (Å²) in [6.07, 6.45) is 14.6. The predicted molar refractivity (Wildman–Crippen MR) is 185 cm³/mol. The molecule has 212 valence electrons. The van der Waals surface area contributed by atoms with Gasteiger partial charge in [-0.25, -0.2) is 0 Å². The van der Waals surface area contributed by atoms with Gasteiger partial charge in [0.15, 0.2) is 0 Å². The molecule has 0 bridgehead atoms. The monoisotopic (exact) mass is 564 g/mol. The van der Waals surface area contributed by atoms with Crippen molar-refractivity contribution in [2.45, 2.75) is 84.7 Å². The van der Waals surface area contributed by atoms with Gasteiger partial charge in [-0.05, 0) is 113 Å². The van der Waals surface area contributed by atoms with Crippen LogP contribution >= 0.6 is 0 Å². The standard InChI is InChI=1S/C41H44Si/c1-27-13-9-19-36(29(27)3)38-21-11-15-31-23-34(25-40(31)38)42(5,33-17-7-6-8-18-33)35-24-32-16-12-22-39(41(32)26-35)37-20-10-14-28(2)30(37)4/h9-16,19-22,25-26,33H,6-8,17-18,23-24H2,1-5H3. The number of hydrogen-bond donors (Lipinski definition) is 0. The van der Waals surface area contributed by atoms with Gasteiger partial charge in [0, 0.05) is 0 Å². The molecule has 1 fully saturated rings. The van der Waals surface area contributed by atoms with Gasteiger partial charge < -0.3 is 0 Å². The summed E-state index contributed by atoms with van der Waals surface area (Å²) in [5, 5.41) is 3.55. The average molecular weight is 565 g/mol. The fourth-order valence-corrected chi connectivity index (χ4v) is 13.4. The van der Waals surface area contributed by atoms with Crippen molar-refractivity contribution in [3.05, 3.63) is 128 Å². The van der Waals surface area contributed by atoms with Crippen LogP contribution in [-0.4, -0.2) is 8.07 Å². The Bertz CT molecular complexity index is 1640. The zero-order valence-corrected chi connectivity index (χ0v) is 27.1. The Morgan fingerprint density at radius 3 is 1.43 bits per heavy atom. The van der Waals surface area contributed by atoms with Gasteiger partial charge in [-0.1, -0.05) is 134 Å². The van der Waals surface area contributed by atoms with Crippen LogP contribution in [0.15, 0.2) is 83.2 Å². The molecule has 0 N–H and O–H groups in total. The van der Waals surface area contributed by atoms with Crippen molar-refractivity contribution in [3.8, 4) is 22.3 Å². The van der Waals surface area contributed by atoms with Crippen LogP contribution in [0.25, 0.3) is 34.4 Å². The van der Waals surface area contributed by atoms with E-state index in [1.165, 1.54) is 98.9 Å². The largest absolute Gasteiger partial charge is 0.109 e. The topological polar surface area (TPSA) is 0 Å². The van der Waals surface area contributed by atoms with Crippen LogP contribution in [0.3, 0.4) is 0 Å². The maximum Gasteiger partial charge on any atom is 0.109 e. The first-order chi connectivity index (χ1) is 20.4. The van der Waals surface area contributed by atoms with Crippen molar-refractivity contribution in [2.24, 2.45) is 0 Å². The summed E-state index contributed by atoms with van der Waals surface area (Å²) in [7, 11) is -1.95. The molecule has 3 aliphatic carbocycles. The predicted octanol–water partition coefficient (Wildman–Crippen LogP) is 11.3. The molecular weight excluding hydrogens is 521 g/mol. The first-order valence-corrected chi connectivity index (χ1v) is 18.7. The summed E-state index contributed by atoms with van der Waals surface area (Å²) in [6, 6.07) is 27.7. The highest BCUT2D eigenvalue weighted by Crippen LogP contribution is 2.51. The molecule has 0 nitrogen and oxygen atoms in total. The SMILES string of the molecule is Cc1cccc(-c2cccc3c2C=C([Si](C)(C2=Cc4c(cccc4-c4cccc(C)c4C)C2)C2CCCCC2)C3)c1C. The molecule has 0 unspecified atom stereocenters. The van der Waals surface area contributed by atoms with Gasteiger partial charge in [0.1, 0.15) is 8.07 Å². The fraction of sp³-hybridized carbons (Fsp3) is 0.317. The van der Waals surface area contributed by atoms with Gasteiger partial charge in [-0.3, -0.25) is 0 Å². The lowest BCUT2D eigenvalue weighted by Crippen LogP contribution is -2.43. The number of fused-ring (bicyclic) bond motifs is 2. The van der Waals surface area contributed by atoms with E-state index in [1.54, 1.807) is 10.4 Å². The second-order valence-corrected chi connectivity index (χ2v) is 18.0. The molecule has 1 saturated carbocycles. The number of benzene rings is 4. The van der Waals surface area contributed by atoms with Gasteiger partial charge in [0.2, 0.25) is 0 Å². The number of rotatable bonds is 5. The Kier molecular flexibility index (Phi) is 6.98. The van der Waals surface area contributed by atoms with E-state index in [2.05, 4.69) is 119 Å². The average Bonchev–Trinajstić information content (AvgIpc) is 3.66. The molecule has 0 spiro atoms. The second kappa shape index (κ2) is 10.7. The van der Waals surface area contributed by atoms with Crippen LogP contribution in [0, 0.1) is 27.7 Å². The molecule has 0 saturated heterocycles. The highest BCUT2D eigenvalue weighted by molar-refractivity contribution is 6.94. The van der Waals surface area contributed by atoms with Gasteiger partial charge in [-0.15, -0.1) is 0 Å². The third kappa shape index (κ3) is 4.40. The molecule has 0 radical (unpaired) electrons. The minimum absolute atomic E-state index is 0.834. The molecule has 0 heterocycles. The second-order valence-electron chi connectivity index (χ2n) is 13.5. The maximum absolute atomic E-state index is 2.76. The van der Waals surface area contributed by atoms with Crippen molar-refractivity contribution >= 4 is 20.2 Å². The molecule has 0 aromatic heterocycles. The van der Waals surface area contributed by atoms with Gasteiger partial charge in [0.05, 0.1) is 0 Å². The Morgan fingerprint density at radius 2 is 0.952 bits per heavy atom. The van der Waals surface area contributed by atoms with E-state index in [9.17, 15) is 0 Å². The summed E-state index contributed by atoms with van der Waals surface area (Å²) in [6.45, 7) is 11.8. The van der Waals surface area contributed by atoms with Crippen LogP contribution in [0.4, 0.5) is 0 Å². The Balaban J connectivity index is 1.36. The first-order valence-electron chi connectivity index (χ1n) is 16.2. The van der Waals surface area contributed by atoms with E-state index in [4.69, 9.17) is 0 Å². The molecule has 4 aromatic carbocycles. The lowest BCUT2D eigenvalue weighted by molar-refractivity contribution is 0.493. The summed E-state index contributed by atoms with van der Waals surface area (Å²) in [4.78, 5) is 0. The lowest BCUT2D eigenvalue weighted by atomic mass is 9.92. The molecule has 42 heavy (non-hydrogen) atoms. The van der Waals surface area contributed by atoms with Crippen molar-refractivity contribution in [2.75, 3.05) is 0 Å². The van der Waals surface area contributed by atoms with Crippen molar-refractivity contribution < 1.29 is 0 Å². The molecule has 0 aliphatic heterocycles. The summed E-state index contributed by atoms with van der Waals surface area (Å²) in [5.74, 6) is 0. The number of hydrogen-bond acceptors (Lipinski definition) is 0. The summed E-state index contributed by atoms with van der Waals surface area (Å²) >= 11 is 0. The fourth-order valence-electron chi connectivity index (χ4n) is 8.37. The molecule has 0 atom stereocenters. The molecule has 3 aliphatic rings. The van der Waals surface area contributed by atoms with E-state index in [-0.39, 0.29) is 0 Å². The van der Waals surface area contributed by atoms with Gasteiger partial charge in [-0.2, -0.15) is 0 Å². The van der Waals surface area contributed by atoms with E-state index in [0.29, 0.717) is 0 Å². The Hall–Kier alpha value is -3.42. The highest BCUT2D eigenvalue weighted by Gasteiger charge is 2.46. The van der Waals surface area contributed by atoms with Crippen molar-refractivity contribution in [3.63, 3.8) is 0 Å². The smallest absolute Gasteiger partial charge is 0.0709 e. The quantitative estimate of drug-likeness (QED) is 0.211. The van der Waals surface area contributed by atoms with Crippen molar-refractivity contribution in [1.82, 2.24) is 0 Å². The zero-order chi connectivity index (χ0) is 29.0. The van der Waals surface area contributed by atoms with Crippen molar-refractivity contribution in [1.29, 1.82) is 0 Å². The summed E-state index contributed by atoms with van der Waals surface area (Å²) in [5.41, 5.74) is 18.1. The maximum atomic E-state index is 2.76. The zero-order valence-electron chi connectivity index (χ0n) is 26.1. The van der Waals surface area contributed by atoms with E-state index < -0.39 is 8.07 Å². The normalized spacial score (nSPS) is 16.7. The number of allylic oxidation sites excluding steroid dienone is 2. The lowest BCUT2D eigenvalue weighted by Gasteiger charge is -2.41. The number of aryl methyl sites for hydroxylation is 2. The van der Waals surface area contributed by atoms with Crippen LogP contribution < -0.4 is 0 Å². The third-order valence-electron chi connectivity index (χ3n) is 11.3. The third-order valence-corrected chi connectivity index (χ3v) is 16.9. The van der Waals surface area contributed by atoms with Gasteiger partial charge >= 0.3 is 0 Å².